The summed E-state index contributed by atoms with van der Waals surface area (Å²) in [6.07, 6.45) is 1.84. The highest BCUT2D eigenvalue weighted by Gasteiger charge is 2.19. The first kappa shape index (κ1) is 20.7. The fourth-order valence-corrected chi connectivity index (χ4v) is 4.50. The highest BCUT2D eigenvalue weighted by molar-refractivity contribution is 7.92. The van der Waals surface area contributed by atoms with Crippen molar-refractivity contribution in [2.45, 2.75) is 25.3 Å². The van der Waals surface area contributed by atoms with E-state index in [2.05, 4.69) is 4.72 Å². The molecule has 0 spiro atoms. The average molecular weight is 416 g/mol. The number of amides is 1. The first-order valence-corrected chi connectivity index (χ1v) is 10.9. The molecular formula is C21H25N3O4S. The molecule has 3 aromatic rings. The van der Waals surface area contributed by atoms with E-state index in [1.54, 1.807) is 35.2 Å². The van der Waals surface area contributed by atoms with Gasteiger partial charge in [-0.25, -0.2) is 8.42 Å². The maximum atomic E-state index is 12.8. The van der Waals surface area contributed by atoms with Crippen molar-refractivity contribution in [2.75, 3.05) is 24.9 Å². The van der Waals surface area contributed by atoms with Crippen LogP contribution in [0.5, 0.6) is 5.75 Å². The number of methoxy groups -OCH3 is 1. The number of hydrogen-bond acceptors (Lipinski definition) is 4. The average Bonchev–Trinajstić information content (AvgIpc) is 3.10. The molecule has 0 fully saturated rings. The zero-order valence-electron chi connectivity index (χ0n) is 16.8. The van der Waals surface area contributed by atoms with Crippen LogP contribution < -0.4 is 9.46 Å². The van der Waals surface area contributed by atoms with Crippen molar-refractivity contribution in [3.05, 3.63) is 54.7 Å². The van der Waals surface area contributed by atoms with Crippen molar-refractivity contribution < 1.29 is 17.9 Å². The number of nitrogens with one attached hydrogen (secondary N) is 1. The third-order valence-electron chi connectivity index (χ3n) is 4.80. The smallest absolute Gasteiger partial charge is 0.265 e. The summed E-state index contributed by atoms with van der Waals surface area (Å²) in [4.78, 5) is 14.2. The van der Waals surface area contributed by atoms with Crippen molar-refractivity contribution in [1.82, 2.24) is 9.47 Å². The summed E-state index contributed by atoms with van der Waals surface area (Å²) in [5.74, 6) is 0.329. The van der Waals surface area contributed by atoms with Gasteiger partial charge in [-0.15, -0.1) is 0 Å². The van der Waals surface area contributed by atoms with Crippen LogP contribution in [0, 0.1) is 0 Å². The first-order chi connectivity index (χ1) is 13.9. The molecule has 8 heteroatoms. The van der Waals surface area contributed by atoms with Crippen LogP contribution in [0.4, 0.5) is 5.69 Å². The zero-order chi connectivity index (χ0) is 21.0. The topological polar surface area (TPSA) is 80.6 Å². The van der Waals surface area contributed by atoms with E-state index in [-0.39, 0.29) is 23.1 Å². The van der Waals surface area contributed by atoms with Gasteiger partial charge in [-0.3, -0.25) is 9.52 Å². The van der Waals surface area contributed by atoms with E-state index in [1.807, 2.05) is 36.7 Å². The summed E-state index contributed by atoms with van der Waals surface area (Å²) >= 11 is 0. The number of ether oxygens (including phenoxy) is 1. The van der Waals surface area contributed by atoms with Gasteiger partial charge < -0.3 is 14.2 Å². The molecule has 0 saturated heterocycles. The lowest BCUT2D eigenvalue weighted by Gasteiger charge is -2.19. The minimum Gasteiger partial charge on any atom is -0.495 e. The number of anilines is 1. The molecule has 0 unspecified atom stereocenters. The van der Waals surface area contributed by atoms with E-state index in [0.717, 1.165) is 10.9 Å². The number of fused-ring (bicyclic) bond motifs is 1. The third kappa shape index (κ3) is 4.37. The summed E-state index contributed by atoms with van der Waals surface area (Å²) in [6.45, 7) is 5.49. The van der Waals surface area contributed by atoms with Gasteiger partial charge in [0.25, 0.3) is 10.0 Å². The molecule has 0 bridgehead atoms. The molecule has 2 aromatic carbocycles. The van der Waals surface area contributed by atoms with Gasteiger partial charge in [0.1, 0.15) is 17.2 Å². The molecule has 0 atom stereocenters. The third-order valence-corrected chi connectivity index (χ3v) is 6.22. The van der Waals surface area contributed by atoms with E-state index in [4.69, 9.17) is 4.74 Å². The molecule has 0 aliphatic rings. The summed E-state index contributed by atoms with van der Waals surface area (Å²) in [5, 5.41) is 0.845. The number of nitrogens with zero attached hydrogens (tertiary/aromatic N) is 2. The second kappa shape index (κ2) is 8.57. The second-order valence-corrected chi connectivity index (χ2v) is 8.19. The van der Waals surface area contributed by atoms with Crippen LogP contribution in [-0.2, 0) is 21.4 Å². The summed E-state index contributed by atoms with van der Waals surface area (Å²) in [6, 6.07) is 13.6. The van der Waals surface area contributed by atoms with Crippen LogP contribution in [0.1, 0.15) is 13.8 Å². The summed E-state index contributed by atoms with van der Waals surface area (Å²) in [5.41, 5.74) is 1.31. The summed E-state index contributed by atoms with van der Waals surface area (Å²) < 4.78 is 35.1. The number of carbonyl (C=O) groups excluding carboxylic acids is 1. The SMILES string of the molecule is CCN(CC)C(=O)Cn1ccc2cc(NS(=O)(=O)c3ccccc3OC)ccc21. The Morgan fingerprint density at radius 3 is 2.52 bits per heavy atom. The number of aromatic nitrogens is 1. The Balaban J connectivity index is 1.85. The minimum absolute atomic E-state index is 0.0495. The van der Waals surface area contributed by atoms with Gasteiger partial charge in [-0.1, -0.05) is 12.1 Å². The van der Waals surface area contributed by atoms with Gasteiger partial charge in [0.15, 0.2) is 0 Å². The Morgan fingerprint density at radius 1 is 1.10 bits per heavy atom. The molecule has 1 N–H and O–H groups in total. The van der Waals surface area contributed by atoms with Crippen molar-refractivity contribution >= 4 is 32.5 Å². The molecule has 1 amide bonds. The molecule has 1 aromatic heterocycles. The number of sulfonamides is 1. The molecular weight excluding hydrogens is 390 g/mol. The highest BCUT2D eigenvalue weighted by atomic mass is 32.2. The monoisotopic (exact) mass is 415 g/mol. The number of rotatable bonds is 8. The lowest BCUT2D eigenvalue weighted by molar-refractivity contribution is -0.131. The van der Waals surface area contributed by atoms with Gasteiger partial charge in [-0.2, -0.15) is 0 Å². The molecule has 154 valence electrons. The molecule has 29 heavy (non-hydrogen) atoms. The fraction of sp³-hybridized carbons (Fsp3) is 0.286. The molecule has 0 radical (unpaired) electrons. The Morgan fingerprint density at radius 2 is 1.83 bits per heavy atom. The summed E-state index contributed by atoms with van der Waals surface area (Å²) in [7, 11) is -2.36. The van der Waals surface area contributed by atoms with Gasteiger partial charge >= 0.3 is 0 Å². The molecule has 0 aliphatic carbocycles. The first-order valence-electron chi connectivity index (χ1n) is 9.42. The standard InChI is InChI=1S/C21H25N3O4S/c1-4-23(5-2)21(25)15-24-13-12-16-14-17(10-11-18(16)24)22-29(26,27)20-9-7-6-8-19(20)28-3/h6-14,22H,4-5,15H2,1-3H3. The quantitative estimate of drug-likeness (QED) is 0.612. The molecule has 0 aliphatic heterocycles. The van der Waals surface area contributed by atoms with E-state index >= 15 is 0 Å². The van der Waals surface area contributed by atoms with Crippen molar-refractivity contribution in [1.29, 1.82) is 0 Å². The van der Waals surface area contributed by atoms with Crippen LogP contribution >= 0.6 is 0 Å². The van der Waals surface area contributed by atoms with Crippen molar-refractivity contribution in [3.63, 3.8) is 0 Å². The van der Waals surface area contributed by atoms with Gasteiger partial charge in [0.05, 0.1) is 7.11 Å². The Labute approximate surface area is 170 Å². The second-order valence-electron chi connectivity index (χ2n) is 6.54. The lowest BCUT2D eigenvalue weighted by Crippen LogP contribution is -2.33. The normalized spacial score (nSPS) is 11.4. The van der Waals surface area contributed by atoms with E-state index in [0.29, 0.717) is 18.8 Å². The van der Waals surface area contributed by atoms with E-state index < -0.39 is 10.0 Å². The van der Waals surface area contributed by atoms with Crippen LogP contribution in [-0.4, -0.2) is 44.0 Å². The Kier molecular flexibility index (Phi) is 6.12. The van der Waals surface area contributed by atoms with Crippen LogP contribution in [0.15, 0.2) is 59.6 Å². The van der Waals surface area contributed by atoms with E-state index in [1.165, 1.54) is 13.2 Å². The van der Waals surface area contributed by atoms with Gasteiger partial charge in [-0.05, 0) is 50.2 Å². The van der Waals surface area contributed by atoms with E-state index in [9.17, 15) is 13.2 Å². The maximum absolute atomic E-state index is 12.8. The number of hydrogen-bond donors (Lipinski definition) is 1. The Bertz CT molecular complexity index is 1120. The largest absolute Gasteiger partial charge is 0.495 e. The van der Waals surface area contributed by atoms with Crippen LogP contribution in [0.3, 0.4) is 0 Å². The predicted octanol–water partition coefficient (Wildman–Crippen LogP) is 3.32. The van der Waals surface area contributed by atoms with Crippen LogP contribution in [0.2, 0.25) is 0 Å². The number of carbonyl (C=O) groups is 1. The van der Waals surface area contributed by atoms with Gasteiger partial charge in [0, 0.05) is 35.9 Å². The number of para-hydroxylation sites is 1. The molecule has 0 saturated carbocycles. The number of benzene rings is 2. The number of likely N-dealkylation sites (N-methyl/N-ethyl adjacent to an activating group) is 1. The zero-order valence-corrected chi connectivity index (χ0v) is 17.6. The molecule has 3 rings (SSSR count). The lowest BCUT2D eigenvalue weighted by atomic mass is 10.2. The van der Waals surface area contributed by atoms with Crippen LogP contribution in [0.25, 0.3) is 10.9 Å². The fourth-order valence-electron chi connectivity index (χ4n) is 3.27. The Hall–Kier alpha value is -3.00. The minimum atomic E-state index is -3.80. The molecule has 7 nitrogen and oxygen atoms in total. The van der Waals surface area contributed by atoms with Gasteiger partial charge in [0.2, 0.25) is 5.91 Å². The van der Waals surface area contributed by atoms with Crippen molar-refractivity contribution in [2.24, 2.45) is 0 Å². The predicted molar refractivity (Wildman–Crippen MR) is 114 cm³/mol. The molecule has 1 heterocycles. The highest BCUT2D eigenvalue weighted by Crippen LogP contribution is 2.27. The maximum Gasteiger partial charge on any atom is 0.265 e. The van der Waals surface area contributed by atoms with Crippen molar-refractivity contribution in [3.8, 4) is 5.75 Å².